The quantitative estimate of drug-likeness (QED) is 0.572. The molecule has 1 saturated heterocycles. The van der Waals surface area contributed by atoms with E-state index in [0.717, 1.165) is 44.0 Å². The van der Waals surface area contributed by atoms with Crippen LogP contribution in [0, 0.1) is 11.8 Å². The summed E-state index contributed by atoms with van der Waals surface area (Å²) in [6.07, 6.45) is 3.83. The van der Waals surface area contributed by atoms with Crippen LogP contribution in [0.15, 0.2) is 54.6 Å². The number of allylic oxidation sites excluding steroid dienone is 1. The van der Waals surface area contributed by atoms with E-state index >= 15 is 0 Å². The highest BCUT2D eigenvalue weighted by molar-refractivity contribution is 5.89. The number of rotatable bonds is 4. The molecule has 2 aromatic carbocycles. The van der Waals surface area contributed by atoms with Crippen LogP contribution < -0.4 is 0 Å². The molecule has 0 atom stereocenters. The van der Waals surface area contributed by atoms with E-state index < -0.39 is 0 Å². The lowest BCUT2D eigenvalue weighted by Gasteiger charge is -2.26. The van der Waals surface area contributed by atoms with Gasteiger partial charge in [-0.2, -0.15) is 0 Å². The zero-order valence-corrected chi connectivity index (χ0v) is 17.5. The van der Waals surface area contributed by atoms with E-state index in [9.17, 15) is 4.79 Å². The molecule has 2 aromatic rings. The summed E-state index contributed by atoms with van der Waals surface area (Å²) in [4.78, 5) is 13.8. The summed E-state index contributed by atoms with van der Waals surface area (Å²) in [6, 6.07) is 15.6. The van der Waals surface area contributed by atoms with Gasteiger partial charge in [-0.05, 0) is 47.5 Å². The first-order chi connectivity index (χ1) is 14.2. The van der Waals surface area contributed by atoms with E-state index in [1.54, 1.807) is 12.1 Å². The molecule has 0 amide bonds. The average molecular weight is 392 g/mol. The zero-order valence-electron chi connectivity index (χ0n) is 17.5. The molecule has 152 valence electrons. The van der Waals surface area contributed by atoms with Crippen molar-refractivity contribution >= 4 is 12.0 Å². The SMILES string of the molecule is CC.COC(=O)c1ccc(C#C/C=C/c2ccc(CN3CCOCC3)cc2)cc1. The van der Waals surface area contributed by atoms with Crippen molar-refractivity contribution in [2.24, 2.45) is 0 Å². The third-order valence-electron chi connectivity index (χ3n) is 4.37. The lowest BCUT2D eigenvalue weighted by Crippen LogP contribution is -2.35. The van der Waals surface area contributed by atoms with E-state index in [0.29, 0.717) is 5.56 Å². The van der Waals surface area contributed by atoms with Crippen LogP contribution in [0.4, 0.5) is 0 Å². The van der Waals surface area contributed by atoms with Gasteiger partial charge in [-0.1, -0.05) is 50.0 Å². The van der Waals surface area contributed by atoms with Crippen LogP contribution in [0.2, 0.25) is 0 Å². The summed E-state index contributed by atoms with van der Waals surface area (Å²) in [6.45, 7) is 8.61. The Hall–Kier alpha value is -2.87. The second kappa shape index (κ2) is 12.6. The minimum absolute atomic E-state index is 0.341. The zero-order chi connectivity index (χ0) is 20.9. The molecule has 0 unspecified atom stereocenters. The van der Waals surface area contributed by atoms with E-state index in [4.69, 9.17) is 4.74 Å². The largest absolute Gasteiger partial charge is 0.465 e. The molecule has 4 nitrogen and oxygen atoms in total. The highest BCUT2D eigenvalue weighted by atomic mass is 16.5. The van der Waals surface area contributed by atoms with Gasteiger partial charge >= 0.3 is 5.97 Å². The van der Waals surface area contributed by atoms with Crippen LogP contribution in [0.1, 0.15) is 40.9 Å². The number of morpholine rings is 1. The van der Waals surface area contributed by atoms with Gasteiger partial charge in [0.1, 0.15) is 0 Å². The molecular formula is C25H29NO3. The normalized spacial score (nSPS) is 13.8. The second-order valence-electron chi connectivity index (χ2n) is 6.30. The topological polar surface area (TPSA) is 38.8 Å². The molecule has 3 rings (SSSR count). The maximum absolute atomic E-state index is 11.4. The molecule has 1 aliphatic rings. The Morgan fingerprint density at radius 2 is 1.72 bits per heavy atom. The molecular weight excluding hydrogens is 362 g/mol. The van der Waals surface area contributed by atoms with Gasteiger partial charge in [-0.25, -0.2) is 4.79 Å². The number of hydrogen-bond acceptors (Lipinski definition) is 4. The molecule has 1 fully saturated rings. The Bertz CT molecular complexity index is 836. The summed E-state index contributed by atoms with van der Waals surface area (Å²) in [5.74, 6) is 5.74. The van der Waals surface area contributed by atoms with Crippen LogP contribution in [0.3, 0.4) is 0 Å². The third kappa shape index (κ3) is 7.57. The monoisotopic (exact) mass is 391 g/mol. The average Bonchev–Trinajstić information content (AvgIpc) is 2.80. The predicted octanol–water partition coefficient (Wildman–Crippen LogP) is 4.40. The summed E-state index contributed by atoms with van der Waals surface area (Å²) in [7, 11) is 1.37. The lowest BCUT2D eigenvalue weighted by atomic mass is 10.1. The van der Waals surface area contributed by atoms with Crippen molar-refractivity contribution in [3.05, 3.63) is 76.9 Å². The predicted molar refractivity (Wildman–Crippen MR) is 118 cm³/mol. The first kappa shape index (κ1) is 22.4. The first-order valence-corrected chi connectivity index (χ1v) is 10.00. The standard InChI is InChI=1S/C23H23NO3.C2H6/c1-26-23(25)22-12-10-20(11-13-22)5-3-2-4-19-6-8-21(9-7-19)18-24-14-16-27-17-15-24;1-2/h2,4,6-13H,14-18H2,1H3;1-2H3/b4-2+;. The molecule has 0 radical (unpaired) electrons. The minimum Gasteiger partial charge on any atom is -0.465 e. The number of methoxy groups -OCH3 is 1. The molecule has 1 aliphatic heterocycles. The van der Waals surface area contributed by atoms with Gasteiger partial charge in [0.2, 0.25) is 0 Å². The molecule has 29 heavy (non-hydrogen) atoms. The van der Waals surface area contributed by atoms with E-state index in [-0.39, 0.29) is 5.97 Å². The van der Waals surface area contributed by atoms with E-state index in [1.165, 1.54) is 12.7 Å². The molecule has 0 saturated carbocycles. The first-order valence-electron chi connectivity index (χ1n) is 10.00. The van der Waals surface area contributed by atoms with Gasteiger partial charge in [0.15, 0.2) is 0 Å². The van der Waals surface area contributed by atoms with Crippen molar-refractivity contribution in [1.29, 1.82) is 0 Å². The van der Waals surface area contributed by atoms with Crippen molar-refractivity contribution < 1.29 is 14.3 Å². The molecule has 0 aromatic heterocycles. The van der Waals surface area contributed by atoms with Crippen molar-refractivity contribution in [1.82, 2.24) is 4.90 Å². The van der Waals surface area contributed by atoms with Gasteiger partial charge < -0.3 is 9.47 Å². The minimum atomic E-state index is -0.341. The fourth-order valence-corrected chi connectivity index (χ4v) is 2.82. The van der Waals surface area contributed by atoms with Crippen molar-refractivity contribution in [2.45, 2.75) is 20.4 Å². The number of carbonyl (C=O) groups is 1. The Balaban J connectivity index is 0.00000145. The summed E-state index contributed by atoms with van der Waals surface area (Å²) < 4.78 is 10.1. The maximum Gasteiger partial charge on any atom is 0.337 e. The van der Waals surface area contributed by atoms with E-state index in [2.05, 4.69) is 45.7 Å². The molecule has 4 heteroatoms. The highest BCUT2D eigenvalue weighted by Gasteiger charge is 2.10. The number of hydrogen-bond donors (Lipinski definition) is 0. The molecule has 0 aliphatic carbocycles. The number of carbonyl (C=O) groups excluding carboxylic acids is 1. The summed E-state index contributed by atoms with van der Waals surface area (Å²) >= 11 is 0. The number of ether oxygens (including phenoxy) is 2. The lowest BCUT2D eigenvalue weighted by molar-refractivity contribution is 0.0342. The Labute approximate surface area is 174 Å². The molecule has 0 spiro atoms. The van der Waals surface area contributed by atoms with Crippen LogP contribution in [-0.2, 0) is 16.0 Å². The fourth-order valence-electron chi connectivity index (χ4n) is 2.82. The van der Waals surface area contributed by atoms with Gasteiger partial charge in [0.25, 0.3) is 0 Å². The fraction of sp³-hybridized carbons (Fsp3) is 0.320. The highest BCUT2D eigenvalue weighted by Crippen LogP contribution is 2.10. The third-order valence-corrected chi connectivity index (χ3v) is 4.37. The van der Waals surface area contributed by atoms with Crippen LogP contribution >= 0.6 is 0 Å². The Morgan fingerprint density at radius 1 is 1.07 bits per heavy atom. The van der Waals surface area contributed by atoms with Crippen molar-refractivity contribution in [3.63, 3.8) is 0 Å². The molecule has 0 N–H and O–H groups in total. The van der Waals surface area contributed by atoms with Crippen molar-refractivity contribution in [3.8, 4) is 11.8 Å². The number of esters is 1. The Morgan fingerprint density at radius 3 is 2.34 bits per heavy atom. The maximum atomic E-state index is 11.4. The number of nitrogens with zero attached hydrogens (tertiary/aromatic N) is 1. The summed E-state index contributed by atoms with van der Waals surface area (Å²) in [5, 5.41) is 0. The van der Waals surface area contributed by atoms with Crippen LogP contribution in [0.5, 0.6) is 0 Å². The van der Waals surface area contributed by atoms with Gasteiger partial charge in [-0.3, -0.25) is 4.90 Å². The van der Waals surface area contributed by atoms with Gasteiger partial charge in [0, 0.05) is 25.2 Å². The van der Waals surface area contributed by atoms with Crippen molar-refractivity contribution in [2.75, 3.05) is 33.4 Å². The van der Waals surface area contributed by atoms with Crippen LogP contribution in [0.25, 0.3) is 6.08 Å². The number of benzene rings is 2. The molecule has 1 heterocycles. The second-order valence-corrected chi connectivity index (χ2v) is 6.30. The molecule has 0 bridgehead atoms. The van der Waals surface area contributed by atoms with Gasteiger partial charge in [0.05, 0.1) is 25.9 Å². The summed E-state index contributed by atoms with van der Waals surface area (Å²) in [5.41, 5.74) is 3.81. The van der Waals surface area contributed by atoms with Crippen LogP contribution in [-0.4, -0.2) is 44.3 Å². The van der Waals surface area contributed by atoms with E-state index in [1.807, 2.05) is 38.1 Å². The van der Waals surface area contributed by atoms with Gasteiger partial charge in [-0.15, -0.1) is 0 Å². The Kier molecular flexibility index (Phi) is 9.71. The smallest absolute Gasteiger partial charge is 0.337 e.